The van der Waals surface area contributed by atoms with Crippen molar-refractivity contribution in [2.45, 2.75) is 6.17 Å². The summed E-state index contributed by atoms with van der Waals surface area (Å²) in [6.45, 7) is 0.838. The van der Waals surface area contributed by atoms with E-state index in [0.29, 0.717) is 5.84 Å². The number of hydrogen-bond donors (Lipinski definition) is 2. The molecule has 0 fully saturated rings. The molecule has 3 N–H and O–H groups in total. The van der Waals surface area contributed by atoms with Gasteiger partial charge in [-0.05, 0) is 103 Å². The highest BCUT2D eigenvalue weighted by Crippen LogP contribution is 2.33. The number of benzene rings is 7. The zero-order valence-corrected chi connectivity index (χ0v) is 27.6. The van der Waals surface area contributed by atoms with Crippen molar-refractivity contribution in [3.8, 4) is 22.3 Å². The lowest BCUT2D eigenvalue weighted by Crippen LogP contribution is -2.14. The molecule has 4 heteroatoms. The van der Waals surface area contributed by atoms with Gasteiger partial charge in [-0.2, -0.15) is 0 Å². The van der Waals surface area contributed by atoms with Crippen LogP contribution in [0.1, 0.15) is 28.4 Å². The smallest absolute Gasteiger partial charge is 0.167 e. The third-order valence-corrected chi connectivity index (χ3v) is 9.20. The molecule has 0 amide bonds. The van der Waals surface area contributed by atoms with E-state index in [0.717, 1.165) is 45.5 Å². The van der Waals surface area contributed by atoms with Gasteiger partial charge in [-0.25, -0.2) is 4.99 Å². The molecule has 50 heavy (non-hydrogen) atoms. The molecule has 4 nitrogen and oxygen atoms in total. The minimum Gasteiger partial charge on any atom is -0.387 e. The summed E-state index contributed by atoms with van der Waals surface area (Å²) in [6, 6.07) is 55.2. The summed E-state index contributed by atoms with van der Waals surface area (Å²) in [5, 5.41) is 8.21. The topological polar surface area (TPSA) is 62.8 Å². The van der Waals surface area contributed by atoms with Gasteiger partial charge in [0.1, 0.15) is 5.84 Å². The summed E-state index contributed by atoms with van der Waals surface area (Å²) < 4.78 is 0. The van der Waals surface area contributed by atoms with Crippen molar-refractivity contribution >= 4 is 39.2 Å². The Kier molecular flexibility index (Phi) is 8.57. The highest BCUT2D eigenvalue weighted by Gasteiger charge is 2.12. The predicted octanol–water partition coefficient (Wildman–Crippen LogP) is 10.4. The Bertz CT molecular complexity index is 2420. The van der Waals surface area contributed by atoms with E-state index in [1.807, 2.05) is 73.1 Å². The first-order chi connectivity index (χ1) is 24.7. The number of allylic oxidation sites excluding steroid dienone is 2. The van der Waals surface area contributed by atoms with E-state index >= 15 is 0 Å². The summed E-state index contributed by atoms with van der Waals surface area (Å²) in [4.78, 5) is 9.93. The Balaban J connectivity index is 1.22. The maximum atomic E-state index is 6.51. The Hall–Kier alpha value is -6.52. The third-order valence-electron chi connectivity index (χ3n) is 9.20. The molecule has 1 heterocycles. The number of fused-ring (bicyclic) bond motifs is 3. The minimum absolute atomic E-state index is 0.452. The molecule has 0 aromatic heterocycles. The molecule has 0 aliphatic carbocycles. The molecule has 0 radical (unpaired) electrons. The van der Waals surface area contributed by atoms with E-state index in [-0.39, 0.29) is 0 Å². The minimum atomic E-state index is -0.497. The summed E-state index contributed by atoms with van der Waals surface area (Å²) in [6.07, 6.45) is 7.77. The van der Waals surface area contributed by atoms with Crippen molar-refractivity contribution in [1.82, 2.24) is 5.32 Å². The van der Waals surface area contributed by atoms with Gasteiger partial charge in [-0.15, -0.1) is 0 Å². The molecule has 240 valence electrons. The van der Waals surface area contributed by atoms with Gasteiger partial charge < -0.3 is 11.1 Å². The van der Waals surface area contributed by atoms with Crippen LogP contribution in [0.5, 0.6) is 0 Å². The number of aliphatic imine (C=N–C) groups is 2. The number of amidine groups is 1. The number of nitrogens with one attached hydrogen (secondary N) is 1. The fourth-order valence-corrected chi connectivity index (χ4v) is 6.57. The van der Waals surface area contributed by atoms with Crippen LogP contribution in [-0.2, 0) is 0 Å². The molecular formula is C46H36N4. The lowest BCUT2D eigenvalue weighted by atomic mass is 9.93. The van der Waals surface area contributed by atoms with E-state index in [2.05, 4.69) is 115 Å². The molecule has 1 atom stereocenters. The van der Waals surface area contributed by atoms with Crippen LogP contribution in [-0.4, -0.2) is 18.6 Å². The number of dihydropyridines is 1. The van der Waals surface area contributed by atoms with E-state index in [4.69, 9.17) is 15.7 Å². The van der Waals surface area contributed by atoms with Crippen molar-refractivity contribution in [1.29, 1.82) is 0 Å². The summed E-state index contributed by atoms with van der Waals surface area (Å²) in [7, 11) is 0. The van der Waals surface area contributed by atoms with Crippen molar-refractivity contribution in [2.24, 2.45) is 15.7 Å². The van der Waals surface area contributed by atoms with Crippen LogP contribution < -0.4 is 11.1 Å². The summed E-state index contributed by atoms with van der Waals surface area (Å²) in [5.41, 5.74) is 16.3. The molecule has 0 bridgehead atoms. The Morgan fingerprint density at radius 2 is 1.26 bits per heavy atom. The molecule has 7 aromatic carbocycles. The third kappa shape index (κ3) is 6.60. The van der Waals surface area contributed by atoms with Gasteiger partial charge in [0, 0.05) is 18.3 Å². The van der Waals surface area contributed by atoms with E-state index in [1.165, 1.54) is 32.7 Å². The first-order valence-corrected chi connectivity index (χ1v) is 16.9. The number of nitrogens with two attached hydrogens (primary N) is 1. The Morgan fingerprint density at radius 1 is 0.600 bits per heavy atom. The number of nitrogens with zero attached hydrogens (tertiary/aromatic N) is 2. The van der Waals surface area contributed by atoms with E-state index in [1.54, 1.807) is 0 Å². The molecular weight excluding hydrogens is 609 g/mol. The molecule has 0 spiro atoms. The van der Waals surface area contributed by atoms with Crippen molar-refractivity contribution in [2.75, 3.05) is 6.54 Å². The summed E-state index contributed by atoms with van der Waals surface area (Å²) >= 11 is 0. The second kappa shape index (κ2) is 13.9. The molecule has 0 saturated heterocycles. The quantitative estimate of drug-likeness (QED) is 0.0982. The first-order valence-electron chi connectivity index (χ1n) is 16.9. The predicted molar refractivity (Wildman–Crippen MR) is 211 cm³/mol. The van der Waals surface area contributed by atoms with Crippen LogP contribution >= 0.6 is 0 Å². The second-order valence-electron chi connectivity index (χ2n) is 12.5. The van der Waals surface area contributed by atoms with Crippen LogP contribution in [0.4, 0.5) is 0 Å². The van der Waals surface area contributed by atoms with E-state index < -0.39 is 6.17 Å². The van der Waals surface area contributed by atoms with Crippen molar-refractivity contribution < 1.29 is 0 Å². The lowest BCUT2D eigenvalue weighted by Gasteiger charge is -2.13. The van der Waals surface area contributed by atoms with Crippen molar-refractivity contribution in [3.05, 3.63) is 198 Å². The fraction of sp³-hybridized carbons (Fsp3) is 0.0435. The van der Waals surface area contributed by atoms with Crippen LogP contribution in [0.25, 0.3) is 49.4 Å². The number of hydrogen-bond acceptors (Lipinski definition) is 3. The molecule has 1 aliphatic heterocycles. The lowest BCUT2D eigenvalue weighted by molar-refractivity contribution is 0.781. The van der Waals surface area contributed by atoms with Crippen molar-refractivity contribution in [3.63, 3.8) is 0 Å². The molecule has 1 unspecified atom stereocenters. The SMILES string of the molecule is NC(=NC(N=Cc1cc(-c2ccc(C3=CCNC=C3)cc2)cc(-c2ccc3c(ccc4ccccc43)c2)c1)c1ccccc1)c1ccccc1. The fourth-order valence-electron chi connectivity index (χ4n) is 6.57. The molecule has 8 rings (SSSR count). The molecule has 7 aromatic rings. The average molecular weight is 645 g/mol. The van der Waals surface area contributed by atoms with Gasteiger partial charge >= 0.3 is 0 Å². The monoisotopic (exact) mass is 644 g/mol. The Labute approximate surface area is 292 Å². The standard InChI is InChI=1S/C46H36N4/c47-45(37-10-3-1-4-11-37)50-46(38-12-5-2-6-13-38)49-31-32-27-41(34-17-15-33(16-18-34)35-23-25-48-26-24-35)30-42(28-32)39-21-22-44-40(29-39)20-19-36-9-7-8-14-43(36)44/h1-25,27-31,46,48H,26H2,(H2,47,50). The highest BCUT2D eigenvalue weighted by molar-refractivity contribution is 6.08. The molecule has 1 aliphatic rings. The van der Waals surface area contributed by atoms with Gasteiger partial charge in [-0.1, -0.05) is 140 Å². The maximum absolute atomic E-state index is 6.51. The van der Waals surface area contributed by atoms with Gasteiger partial charge in [0.15, 0.2) is 6.17 Å². The summed E-state index contributed by atoms with van der Waals surface area (Å²) in [5.74, 6) is 0.452. The maximum Gasteiger partial charge on any atom is 0.167 e. The van der Waals surface area contributed by atoms with Gasteiger partial charge in [0.25, 0.3) is 0 Å². The van der Waals surface area contributed by atoms with Crippen LogP contribution in [0, 0.1) is 0 Å². The van der Waals surface area contributed by atoms with Gasteiger partial charge in [-0.3, -0.25) is 4.99 Å². The van der Waals surface area contributed by atoms with Gasteiger partial charge in [0.05, 0.1) is 0 Å². The normalized spacial score (nSPS) is 13.8. The largest absolute Gasteiger partial charge is 0.387 e. The zero-order valence-electron chi connectivity index (χ0n) is 27.6. The molecule has 0 saturated carbocycles. The first kappa shape index (κ1) is 30.8. The van der Waals surface area contributed by atoms with Gasteiger partial charge in [0.2, 0.25) is 0 Å². The van der Waals surface area contributed by atoms with Crippen LogP contribution in [0.2, 0.25) is 0 Å². The number of rotatable bonds is 8. The highest BCUT2D eigenvalue weighted by atomic mass is 15.0. The van der Waals surface area contributed by atoms with Crippen LogP contribution in [0.15, 0.2) is 186 Å². The second-order valence-corrected chi connectivity index (χ2v) is 12.5. The van der Waals surface area contributed by atoms with Crippen LogP contribution in [0.3, 0.4) is 0 Å². The zero-order chi connectivity index (χ0) is 33.7. The van der Waals surface area contributed by atoms with E-state index in [9.17, 15) is 0 Å². The average Bonchev–Trinajstić information content (AvgIpc) is 3.20. The Morgan fingerprint density at radius 3 is 2.04 bits per heavy atom.